The van der Waals surface area contributed by atoms with Crippen LogP contribution in [0.5, 0.6) is 0 Å². The molecule has 0 rings (SSSR count). The van der Waals surface area contributed by atoms with Gasteiger partial charge >= 0.3 is 19.8 Å². The Morgan fingerprint density at radius 2 is 0.964 bits per heavy atom. The van der Waals surface area contributed by atoms with E-state index in [2.05, 4.69) is 55.6 Å². The Labute approximate surface area is 344 Å². The fourth-order valence-corrected chi connectivity index (χ4v) is 7.02. The van der Waals surface area contributed by atoms with E-state index in [1.807, 2.05) is 0 Å². The lowest BCUT2D eigenvalue weighted by molar-refractivity contribution is -0.161. The Morgan fingerprint density at radius 1 is 0.554 bits per heavy atom. The number of ether oxygens (including phenoxy) is 2. The van der Waals surface area contributed by atoms with Gasteiger partial charge in [0.1, 0.15) is 6.61 Å². The number of hydrogen-bond donors (Lipinski definition) is 2. The van der Waals surface area contributed by atoms with Crippen LogP contribution in [0.15, 0.2) is 36.5 Å². The average molecular weight is 812 g/mol. The number of rotatable bonds is 43. The van der Waals surface area contributed by atoms with Gasteiger partial charge in [-0.1, -0.05) is 179 Å². The number of esters is 2. The smallest absolute Gasteiger partial charge is 0.462 e. The molecule has 0 radical (unpaired) electrons. The van der Waals surface area contributed by atoms with Crippen LogP contribution in [-0.2, 0) is 32.7 Å². The molecule has 9 nitrogen and oxygen atoms in total. The van der Waals surface area contributed by atoms with Crippen molar-refractivity contribution in [3.8, 4) is 0 Å². The molecule has 0 amide bonds. The van der Waals surface area contributed by atoms with Crippen LogP contribution in [0.2, 0.25) is 0 Å². The minimum Gasteiger partial charge on any atom is -0.462 e. The molecule has 0 aromatic rings. The van der Waals surface area contributed by atoms with Crippen LogP contribution < -0.4 is 5.32 Å². The molecular formula is C46H86NO8P. The normalized spacial score (nSPS) is 13.6. The van der Waals surface area contributed by atoms with Gasteiger partial charge in [0.25, 0.3) is 0 Å². The highest BCUT2D eigenvalue weighted by Crippen LogP contribution is 2.43. The maximum atomic E-state index is 12.6. The number of phosphoric acid groups is 1. The zero-order chi connectivity index (χ0) is 41.1. The van der Waals surface area contributed by atoms with Crippen molar-refractivity contribution in [3.05, 3.63) is 36.5 Å². The Balaban J connectivity index is 4.21. The zero-order valence-electron chi connectivity index (χ0n) is 36.3. The largest absolute Gasteiger partial charge is 0.472 e. The molecule has 0 heterocycles. The van der Waals surface area contributed by atoms with Crippen molar-refractivity contribution in [3.63, 3.8) is 0 Å². The van der Waals surface area contributed by atoms with Gasteiger partial charge < -0.3 is 19.7 Å². The van der Waals surface area contributed by atoms with Gasteiger partial charge in [-0.2, -0.15) is 0 Å². The van der Waals surface area contributed by atoms with Crippen LogP contribution in [0.3, 0.4) is 0 Å². The fourth-order valence-electron chi connectivity index (χ4n) is 6.27. The molecule has 328 valence electrons. The summed E-state index contributed by atoms with van der Waals surface area (Å²) in [7, 11) is -2.66. The van der Waals surface area contributed by atoms with Crippen LogP contribution in [0.4, 0.5) is 0 Å². The Kier molecular flexibility index (Phi) is 41.5. The summed E-state index contributed by atoms with van der Waals surface area (Å²) in [5, 5.41) is 2.82. The minimum atomic E-state index is -4.36. The van der Waals surface area contributed by atoms with E-state index in [0.717, 1.165) is 44.9 Å². The minimum absolute atomic E-state index is 0.0220. The van der Waals surface area contributed by atoms with Gasteiger partial charge in [0, 0.05) is 19.4 Å². The first-order valence-corrected chi connectivity index (χ1v) is 24.4. The molecule has 0 aliphatic carbocycles. The molecule has 0 aliphatic heterocycles. The van der Waals surface area contributed by atoms with E-state index >= 15 is 0 Å². The molecule has 0 bridgehead atoms. The summed E-state index contributed by atoms with van der Waals surface area (Å²) in [4.78, 5) is 35.1. The predicted molar refractivity (Wildman–Crippen MR) is 234 cm³/mol. The van der Waals surface area contributed by atoms with Crippen LogP contribution in [0.25, 0.3) is 0 Å². The number of nitrogens with one attached hydrogen (secondary N) is 1. The maximum absolute atomic E-state index is 12.6. The SMILES string of the molecule is CCCCC/C=C\C/C=C\C/C=C\CCCCC(=O)OCC(COP(=O)(O)OCCNC)OC(=O)CCCCCCCCCCCCCCCCCCCCC. The molecule has 10 heteroatoms. The molecule has 56 heavy (non-hydrogen) atoms. The molecule has 0 aromatic carbocycles. The third-order valence-electron chi connectivity index (χ3n) is 9.76. The number of hydrogen-bond acceptors (Lipinski definition) is 8. The van der Waals surface area contributed by atoms with Crippen molar-refractivity contribution in [2.24, 2.45) is 0 Å². The third kappa shape index (κ3) is 41.9. The summed E-state index contributed by atoms with van der Waals surface area (Å²) in [6.07, 6.45) is 46.2. The van der Waals surface area contributed by atoms with Gasteiger partial charge in [0.15, 0.2) is 6.10 Å². The predicted octanol–water partition coefficient (Wildman–Crippen LogP) is 13.2. The summed E-state index contributed by atoms with van der Waals surface area (Å²) in [5.41, 5.74) is 0. The summed E-state index contributed by atoms with van der Waals surface area (Å²) in [6.45, 7) is 4.17. The maximum Gasteiger partial charge on any atom is 0.472 e. The molecule has 0 spiro atoms. The van der Waals surface area contributed by atoms with Crippen LogP contribution in [0.1, 0.15) is 206 Å². The molecule has 0 aromatic heterocycles. The van der Waals surface area contributed by atoms with E-state index in [1.54, 1.807) is 7.05 Å². The Morgan fingerprint density at radius 3 is 1.46 bits per heavy atom. The lowest BCUT2D eigenvalue weighted by Gasteiger charge is -2.20. The quantitative estimate of drug-likeness (QED) is 0.0268. The van der Waals surface area contributed by atoms with Crippen LogP contribution in [0, 0.1) is 0 Å². The van der Waals surface area contributed by atoms with E-state index in [-0.39, 0.29) is 26.1 Å². The Hall–Kier alpha value is -1.77. The number of phosphoric ester groups is 1. The monoisotopic (exact) mass is 812 g/mol. The second kappa shape index (κ2) is 42.8. The first-order chi connectivity index (χ1) is 27.3. The Bertz CT molecular complexity index is 1020. The molecule has 2 unspecified atom stereocenters. The molecule has 2 N–H and O–H groups in total. The molecule has 0 fully saturated rings. The van der Waals surface area contributed by atoms with E-state index in [9.17, 15) is 19.0 Å². The van der Waals surface area contributed by atoms with Gasteiger partial charge in [-0.3, -0.25) is 18.6 Å². The van der Waals surface area contributed by atoms with Crippen LogP contribution >= 0.6 is 7.82 Å². The van der Waals surface area contributed by atoms with Gasteiger partial charge in [0.2, 0.25) is 0 Å². The first kappa shape index (κ1) is 54.2. The molecule has 0 saturated heterocycles. The van der Waals surface area contributed by atoms with Gasteiger partial charge in [0.05, 0.1) is 13.2 Å². The highest BCUT2D eigenvalue weighted by Gasteiger charge is 2.26. The number of likely N-dealkylation sites (N-methyl/N-ethyl adjacent to an activating group) is 1. The summed E-state index contributed by atoms with van der Waals surface area (Å²) >= 11 is 0. The van der Waals surface area contributed by atoms with Crippen molar-refractivity contribution < 1.29 is 37.6 Å². The third-order valence-corrected chi connectivity index (χ3v) is 10.7. The highest BCUT2D eigenvalue weighted by atomic mass is 31.2. The lowest BCUT2D eigenvalue weighted by Crippen LogP contribution is -2.29. The van der Waals surface area contributed by atoms with Gasteiger partial charge in [-0.25, -0.2) is 4.57 Å². The molecule has 0 aliphatic rings. The number of allylic oxidation sites excluding steroid dienone is 6. The van der Waals surface area contributed by atoms with Crippen molar-refractivity contribution in [1.29, 1.82) is 0 Å². The van der Waals surface area contributed by atoms with E-state index < -0.39 is 32.5 Å². The summed E-state index contributed by atoms with van der Waals surface area (Å²) < 4.78 is 33.2. The van der Waals surface area contributed by atoms with E-state index in [0.29, 0.717) is 19.4 Å². The van der Waals surface area contributed by atoms with E-state index in [4.69, 9.17) is 18.5 Å². The van der Waals surface area contributed by atoms with Gasteiger partial charge in [-0.05, 0) is 58.4 Å². The van der Waals surface area contributed by atoms with Gasteiger partial charge in [-0.15, -0.1) is 0 Å². The topological polar surface area (TPSA) is 120 Å². The standard InChI is InChI=1S/C46H86NO8P/c1-4-6-8-10-12-14-16-18-20-21-22-23-25-27-29-31-33-35-37-39-46(49)55-44(43-54-56(50,51)53-41-40-47-3)42-52-45(48)38-36-34-32-30-28-26-24-19-17-15-13-11-9-7-5-2/h13,15,19,24,28,30,44,47H,4-12,14,16-18,20-23,25-27,29,31-43H2,1-3H3,(H,50,51)/b15-13-,24-19-,30-28-. The fraction of sp³-hybridized carbons (Fsp3) is 0.826. The van der Waals surface area contributed by atoms with E-state index in [1.165, 1.54) is 122 Å². The molecular weight excluding hydrogens is 725 g/mol. The van der Waals surface area contributed by atoms with Crippen molar-refractivity contribution in [2.75, 3.05) is 33.4 Å². The highest BCUT2D eigenvalue weighted by molar-refractivity contribution is 7.47. The first-order valence-electron chi connectivity index (χ1n) is 22.9. The second-order valence-electron chi connectivity index (χ2n) is 15.2. The second-order valence-corrected chi connectivity index (χ2v) is 16.7. The summed E-state index contributed by atoms with van der Waals surface area (Å²) in [6, 6.07) is 0. The van der Waals surface area contributed by atoms with Crippen molar-refractivity contribution in [1.82, 2.24) is 5.32 Å². The number of carbonyl (C=O) groups excluding carboxylic acids is 2. The van der Waals surface area contributed by atoms with Crippen molar-refractivity contribution >= 4 is 19.8 Å². The van der Waals surface area contributed by atoms with Crippen molar-refractivity contribution in [2.45, 2.75) is 213 Å². The molecule has 2 atom stereocenters. The number of unbranched alkanes of at least 4 members (excludes halogenated alkanes) is 23. The van der Waals surface area contributed by atoms with Crippen LogP contribution in [-0.4, -0.2) is 56.3 Å². The lowest BCUT2D eigenvalue weighted by atomic mass is 10.0. The number of carbonyl (C=O) groups is 2. The average Bonchev–Trinajstić information content (AvgIpc) is 3.18. The summed E-state index contributed by atoms with van der Waals surface area (Å²) in [5.74, 6) is -0.844. The molecule has 0 saturated carbocycles. The zero-order valence-corrected chi connectivity index (χ0v) is 37.2.